The second-order valence-electron chi connectivity index (χ2n) is 4.73. The number of nitro benzene ring substituents is 1. The number of imidazole rings is 1. The highest BCUT2D eigenvalue weighted by Crippen LogP contribution is 2.29. The van der Waals surface area contributed by atoms with E-state index in [-0.39, 0.29) is 11.3 Å². The molecule has 1 unspecified atom stereocenters. The Bertz CT molecular complexity index is 800. The number of carbonyl (C=O) groups excluding carboxylic acids is 1. The van der Waals surface area contributed by atoms with E-state index in [0.29, 0.717) is 10.9 Å². The lowest BCUT2D eigenvalue weighted by molar-refractivity contribution is -0.384. The molecule has 1 N–H and O–H groups in total. The first kappa shape index (κ1) is 15.3. The summed E-state index contributed by atoms with van der Waals surface area (Å²) in [5, 5.41) is 21.7. The number of amides is 1. The summed E-state index contributed by atoms with van der Waals surface area (Å²) in [7, 11) is 0. The smallest absolute Gasteiger partial charge is 0.269 e. The van der Waals surface area contributed by atoms with Gasteiger partial charge in [0, 0.05) is 30.1 Å². The molecule has 2 aromatic rings. The fourth-order valence-corrected chi connectivity index (χ4v) is 2.79. The van der Waals surface area contributed by atoms with Crippen molar-refractivity contribution in [2.24, 2.45) is 0 Å². The summed E-state index contributed by atoms with van der Waals surface area (Å²) in [4.78, 5) is 27.9. The summed E-state index contributed by atoms with van der Waals surface area (Å²) in [5.74, 6) is -0.457. The molecule has 9 heteroatoms. The fourth-order valence-electron chi connectivity index (χ4n) is 2.26. The average molecular weight is 332 g/mol. The van der Waals surface area contributed by atoms with E-state index in [0.717, 1.165) is 4.90 Å². The minimum atomic E-state index is -1.17. The highest BCUT2D eigenvalue weighted by atomic mass is 32.2. The van der Waals surface area contributed by atoms with Gasteiger partial charge in [-0.05, 0) is 18.4 Å². The number of hydrogen-bond acceptors (Lipinski definition) is 6. The molecule has 1 aliphatic rings. The van der Waals surface area contributed by atoms with Crippen molar-refractivity contribution in [2.75, 3.05) is 6.26 Å². The van der Waals surface area contributed by atoms with Crippen molar-refractivity contribution < 1.29 is 14.8 Å². The van der Waals surface area contributed by atoms with Gasteiger partial charge >= 0.3 is 0 Å². The highest BCUT2D eigenvalue weighted by Gasteiger charge is 2.29. The first-order chi connectivity index (χ1) is 11.0. The average Bonchev–Trinajstić information content (AvgIpc) is 2.98. The van der Waals surface area contributed by atoms with Crippen molar-refractivity contribution in [1.82, 2.24) is 14.5 Å². The summed E-state index contributed by atoms with van der Waals surface area (Å²) in [6.45, 7) is 0. The normalized spacial score (nSPS) is 16.3. The Morgan fingerprint density at radius 2 is 2.04 bits per heavy atom. The van der Waals surface area contributed by atoms with Gasteiger partial charge in [0.25, 0.3) is 11.6 Å². The van der Waals surface area contributed by atoms with Gasteiger partial charge < -0.3 is 5.11 Å². The predicted molar refractivity (Wildman–Crippen MR) is 83.6 cm³/mol. The molecule has 23 heavy (non-hydrogen) atoms. The largest absolute Gasteiger partial charge is 0.368 e. The van der Waals surface area contributed by atoms with Crippen molar-refractivity contribution >= 4 is 29.6 Å². The number of thioether (sulfide) groups is 1. The Hall–Kier alpha value is -2.65. The zero-order chi connectivity index (χ0) is 16.6. The molecule has 1 aromatic carbocycles. The molecular weight excluding hydrogens is 320 g/mol. The molecule has 0 aliphatic carbocycles. The zero-order valence-corrected chi connectivity index (χ0v) is 12.8. The molecule has 3 rings (SSSR count). The molecule has 8 nitrogen and oxygen atoms in total. The molecule has 2 heterocycles. The Labute approximate surface area is 135 Å². The quantitative estimate of drug-likeness (QED) is 0.524. The van der Waals surface area contributed by atoms with E-state index in [1.807, 2.05) is 6.26 Å². The molecule has 0 saturated heterocycles. The van der Waals surface area contributed by atoms with Gasteiger partial charge in [0.05, 0.1) is 16.8 Å². The Morgan fingerprint density at radius 1 is 1.35 bits per heavy atom. The number of rotatable bonds is 3. The number of benzene rings is 1. The first-order valence-corrected chi connectivity index (χ1v) is 7.80. The second kappa shape index (κ2) is 5.86. The number of nitrogens with zero attached hydrogens (tertiary/aromatic N) is 4. The summed E-state index contributed by atoms with van der Waals surface area (Å²) < 4.78 is 1.70. The van der Waals surface area contributed by atoms with Crippen LogP contribution < -0.4 is 0 Å². The van der Waals surface area contributed by atoms with Crippen molar-refractivity contribution in [3.8, 4) is 0 Å². The molecular formula is C14H12N4O4S. The molecule has 1 amide bonds. The molecule has 118 valence electrons. The lowest BCUT2D eigenvalue weighted by Gasteiger charge is -2.28. The fraction of sp³-hybridized carbons (Fsp3) is 0.143. The van der Waals surface area contributed by atoms with Crippen molar-refractivity contribution in [2.45, 2.75) is 11.4 Å². The van der Waals surface area contributed by atoms with Crippen LogP contribution in [0.5, 0.6) is 0 Å². The Balaban J connectivity index is 1.88. The summed E-state index contributed by atoms with van der Waals surface area (Å²) in [6.07, 6.45) is 5.31. The SMILES string of the molecule is CSc1ncc2n1C=CN(C(=O)c1ccc([N+](=O)[O-])cc1)C2O. The van der Waals surface area contributed by atoms with Crippen LogP contribution in [0.25, 0.3) is 6.20 Å². The van der Waals surface area contributed by atoms with E-state index in [1.165, 1.54) is 48.4 Å². The van der Waals surface area contributed by atoms with E-state index < -0.39 is 17.1 Å². The van der Waals surface area contributed by atoms with Crippen LogP contribution in [0.3, 0.4) is 0 Å². The van der Waals surface area contributed by atoms with Crippen LogP contribution in [0, 0.1) is 10.1 Å². The third kappa shape index (κ3) is 2.60. The molecule has 0 bridgehead atoms. The van der Waals surface area contributed by atoms with Crippen LogP contribution >= 0.6 is 11.8 Å². The number of aliphatic hydroxyl groups excluding tert-OH is 1. The third-order valence-corrected chi connectivity index (χ3v) is 4.11. The van der Waals surface area contributed by atoms with Crippen molar-refractivity contribution in [1.29, 1.82) is 0 Å². The molecule has 0 fully saturated rings. The van der Waals surface area contributed by atoms with Gasteiger partial charge in [-0.25, -0.2) is 4.98 Å². The minimum Gasteiger partial charge on any atom is -0.368 e. The number of nitro groups is 1. The summed E-state index contributed by atoms with van der Waals surface area (Å²) >= 11 is 1.42. The monoisotopic (exact) mass is 332 g/mol. The van der Waals surface area contributed by atoms with Gasteiger partial charge in [-0.2, -0.15) is 0 Å². The number of aliphatic hydroxyl groups is 1. The van der Waals surface area contributed by atoms with E-state index in [1.54, 1.807) is 10.8 Å². The molecule has 0 radical (unpaired) electrons. The maximum Gasteiger partial charge on any atom is 0.269 e. The van der Waals surface area contributed by atoms with Gasteiger partial charge in [-0.1, -0.05) is 11.8 Å². The highest BCUT2D eigenvalue weighted by molar-refractivity contribution is 7.98. The van der Waals surface area contributed by atoms with Crippen LogP contribution in [0.15, 0.2) is 41.8 Å². The van der Waals surface area contributed by atoms with E-state index in [2.05, 4.69) is 4.98 Å². The Kier molecular flexibility index (Phi) is 3.89. The lowest BCUT2D eigenvalue weighted by Crippen LogP contribution is -2.33. The van der Waals surface area contributed by atoms with Crippen LogP contribution in [-0.4, -0.2) is 36.6 Å². The molecule has 0 spiro atoms. The van der Waals surface area contributed by atoms with Crippen molar-refractivity contribution in [3.63, 3.8) is 0 Å². The minimum absolute atomic E-state index is 0.0982. The number of fused-ring (bicyclic) bond motifs is 1. The molecule has 1 atom stereocenters. The number of aromatic nitrogens is 2. The maximum absolute atomic E-state index is 12.5. The predicted octanol–water partition coefficient (Wildman–Crippen LogP) is 2.09. The van der Waals surface area contributed by atoms with Crippen LogP contribution in [0.2, 0.25) is 0 Å². The van der Waals surface area contributed by atoms with Crippen LogP contribution in [0.4, 0.5) is 5.69 Å². The standard InChI is InChI=1S/C14H12N4O4S/c1-23-14-15-8-11-13(20)17(7-6-16(11)14)12(19)9-2-4-10(5-3-9)18(21)22/h2-8,13,20H,1H3. The van der Waals surface area contributed by atoms with E-state index in [9.17, 15) is 20.0 Å². The van der Waals surface area contributed by atoms with Gasteiger partial charge in [0.15, 0.2) is 11.4 Å². The van der Waals surface area contributed by atoms with Gasteiger partial charge in [0.2, 0.25) is 0 Å². The molecule has 1 aromatic heterocycles. The van der Waals surface area contributed by atoms with Gasteiger partial charge in [-0.15, -0.1) is 0 Å². The lowest BCUT2D eigenvalue weighted by atomic mass is 10.1. The second-order valence-corrected chi connectivity index (χ2v) is 5.50. The third-order valence-electron chi connectivity index (χ3n) is 3.44. The molecule has 1 aliphatic heterocycles. The van der Waals surface area contributed by atoms with Gasteiger partial charge in [0.1, 0.15) is 0 Å². The van der Waals surface area contributed by atoms with E-state index in [4.69, 9.17) is 0 Å². The topological polar surface area (TPSA) is 102 Å². The van der Waals surface area contributed by atoms with Crippen LogP contribution in [0.1, 0.15) is 22.3 Å². The molecule has 0 saturated carbocycles. The first-order valence-electron chi connectivity index (χ1n) is 6.57. The van der Waals surface area contributed by atoms with E-state index >= 15 is 0 Å². The van der Waals surface area contributed by atoms with Crippen molar-refractivity contribution in [3.05, 3.63) is 58.0 Å². The summed E-state index contributed by atoms with van der Waals surface area (Å²) in [5.41, 5.74) is 0.628. The van der Waals surface area contributed by atoms with Crippen LogP contribution in [-0.2, 0) is 0 Å². The number of hydrogen-bond donors (Lipinski definition) is 1. The number of carbonyl (C=O) groups is 1. The Morgan fingerprint density at radius 3 is 2.65 bits per heavy atom. The zero-order valence-electron chi connectivity index (χ0n) is 12.0. The maximum atomic E-state index is 12.5. The number of non-ortho nitro benzene ring substituents is 1. The summed E-state index contributed by atoms with van der Waals surface area (Å²) in [6, 6.07) is 5.23. The van der Waals surface area contributed by atoms with Gasteiger partial charge in [-0.3, -0.25) is 24.4 Å².